The normalized spacial score (nSPS) is 10.8. The van der Waals surface area contributed by atoms with Gasteiger partial charge in [0.25, 0.3) is 5.56 Å². The molecule has 0 atom stereocenters. The molecule has 0 fully saturated rings. The molecule has 1 N–H and O–H groups in total. The van der Waals surface area contributed by atoms with Crippen molar-refractivity contribution in [3.05, 3.63) is 57.5 Å². The molecular weight excluding hydrogens is 465 g/mol. The summed E-state index contributed by atoms with van der Waals surface area (Å²) < 4.78 is 1.31. The van der Waals surface area contributed by atoms with Crippen LogP contribution in [0.5, 0.6) is 0 Å². The van der Waals surface area contributed by atoms with Gasteiger partial charge in [-0.1, -0.05) is 30.3 Å². The number of carbonyl (C=O) groups is 1. The molecule has 0 saturated heterocycles. The van der Waals surface area contributed by atoms with Crippen molar-refractivity contribution in [1.29, 1.82) is 0 Å². The molecule has 9 heteroatoms. The standard InChI is InChI=1S/C12H12N2O2.4ClH.Sn/c1-8-10(12(16)14(2)13-8)11(15)9-6-4-3-5-7-9;;;;;/h3-7,13H,1-2H3;4*1H;/q;;;;;+4/p-4. The van der Waals surface area contributed by atoms with Gasteiger partial charge in [0.05, 0.1) is 0 Å². The van der Waals surface area contributed by atoms with Gasteiger partial charge in [0.15, 0.2) is 5.78 Å². The van der Waals surface area contributed by atoms with Crippen LogP contribution < -0.4 is 5.56 Å². The van der Waals surface area contributed by atoms with E-state index < -0.39 is 13.9 Å². The Morgan fingerprint density at radius 1 is 1.14 bits per heavy atom. The minimum absolute atomic E-state index is 0.216. The summed E-state index contributed by atoms with van der Waals surface area (Å²) in [6.45, 7) is 1.72. The van der Waals surface area contributed by atoms with Crippen molar-refractivity contribution in [2.45, 2.75) is 6.92 Å². The molecule has 0 bridgehead atoms. The predicted molar refractivity (Wildman–Crippen MR) is 89.8 cm³/mol. The van der Waals surface area contributed by atoms with Gasteiger partial charge in [0.1, 0.15) is 5.56 Å². The second-order valence-corrected chi connectivity index (χ2v) is 29.5. The second-order valence-electron chi connectivity index (χ2n) is 4.10. The Balaban J connectivity index is 0.000000383. The Morgan fingerprint density at radius 2 is 1.62 bits per heavy atom. The third-order valence-corrected chi connectivity index (χ3v) is 2.49. The first-order valence-electron chi connectivity index (χ1n) is 5.72. The predicted octanol–water partition coefficient (Wildman–Crippen LogP) is 3.63. The monoisotopic (exact) mass is 476 g/mol. The fourth-order valence-electron chi connectivity index (χ4n) is 1.69. The van der Waals surface area contributed by atoms with Crippen LogP contribution in [0.3, 0.4) is 0 Å². The fourth-order valence-corrected chi connectivity index (χ4v) is 1.69. The topological polar surface area (TPSA) is 54.9 Å². The van der Waals surface area contributed by atoms with Crippen molar-refractivity contribution in [3.8, 4) is 0 Å². The summed E-state index contributed by atoms with van der Waals surface area (Å²) in [7, 11) is 21.7. The summed E-state index contributed by atoms with van der Waals surface area (Å²) >= 11 is -3.29. The molecule has 0 saturated carbocycles. The number of nitrogens with one attached hydrogen (secondary N) is 1. The number of aryl methyl sites for hydroxylation is 2. The van der Waals surface area contributed by atoms with Crippen LogP contribution in [0.1, 0.15) is 21.6 Å². The number of halogens is 4. The van der Waals surface area contributed by atoms with E-state index in [0.717, 1.165) is 0 Å². The molecule has 0 spiro atoms. The van der Waals surface area contributed by atoms with Crippen molar-refractivity contribution in [1.82, 2.24) is 9.78 Å². The van der Waals surface area contributed by atoms with Crippen LogP contribution in [0.4, 0.5) is 0 Å². The molecule has 114 valence electrons. The molecule has 0 aliphatic carbocycles. The fraction of sp³-hybridized carbons (Fsp3) is 0.167. The third kappa shape index (κ3) is 6.24. The first kappa shape index (κ1) is 18.9. The second kappa shape index (κ2) is 7.92. The summed E-state index contributed by atoms with van der Waals surface area (Å²) in [5.74, 6) is -0.236. The zero-order valence-corrected chi connectivity index (χ0v) is 17.0. The zero-order chi connectivity index (χ0) is 16.2. The van der Waals surface area contributed by atoms with E-state index in [-0.39, 0.29) is 16.9 Å². The van der Waals surface area contributed by atoms with Crippen LogP contribution in [0.2, 0.25) is 0 Å². The Kier molecular flexibility index (Phi) is 7.13. The van der Waals surface area contributed by atoms with Crippen LogP contribution >= 0.6 is 35.7 Å². The van der Waals surface area contributed by atoms with Crippen LogP contribution in [0.25, 0.3) is 0 Å². The molecule has 1 aromatic heterocycles. The van der Waals surface area contributed by atoms with Crippen LogP contribution in [-0.2, 0) is 7.05 Å². The summed E-state index contributed by atoms with van der Waals surface area (Å²) in [5.41, 5.74) is 1.06. The van der Waals surface area contributed by atoms with E-state index in [2.05, 4.69) is 5.10 Å². The average molecular weight is 477 g/mol. The number of rotatable bonds is 2. The number of carbonyl (C=O) groups excluding carboxylic acids is 1. The number of hydrogen-bond acceptors (Lipinski definition) is 2. The molecule has 4 nitrogen and oxygen atoms in total. The van der Waals surface area contributed by atoms with E-state index in [1.807, 2.05) is 6.07 Å². The number of aromatic amines is 1. The molecule has 21 heavy (non-hydrogen) atoms. The number of hydrogen-bond donors (Lipinski definition) is 1. The quantitative estimate of drug-likeness (QED) is 0.532. The van der Waals surface area contributed by atoms with E-state index in [0.29, 0.717) is 11.3 Å². The molecule has 0 aliphatic rings. The number of aromatic nitrogens is 2. The third-order valence-electron chi connectivity index (χ3n) is 2.49. The van der Waals surface area contributed by atoms with Gasteiger partial charge >= 0.3 is 49.6 Å². The van der Waals surface area contributed by atoms with Crippen LogP contribution in [0, 0.1) is 6.92 Å². The van der Waals surface area contributed by atoms with Gasteiger partial charge in [0, 0.05) is 18.3 Å². The zero-order valence-electron chi connectivity index (χ0n) is 11.2. The van der Waals surface area contributed by atoms with E-state index in [1.165, 1.54) is 4.68 Å². The Bertz CT molecular complexity index is 671. The van der Waals surface area contributed by atoms with Crippen LogP contribution in [0.15, 0.2) is 35.1 Å². The van der Waals surface area contributed by atoms with E-state index in [4.69, 9.17) is 35.7 Å². The maximum absolute atomic E-state index is 12.1. The van der Waals surface area contributed by atoms with Crippen molar-refractivity contribution in [2.24, 2.45) is 7.05 Å². The summed E-state index contributed by atoms with van der Waals surface area (Å²) in [6.07, 6.45) is 0. The molecule has 2 aromatic rings. The van der Waals surface area contributed by atoms with E-state index in [1.54, 1.807) is 38.2 Å². The number of nitrogens with zero attached hydrogens (tertiary/aromatic N) is 1. The molecule has 0 aliphatic heterocycles. The Morgan fingerprint density at radius 3 is 2.00 bits per heavy atom. The van der Waals surface area contributed by atoms with Gasteiger partial charge in [-0.15, -0.1) is 0 Å². The molecule has 0 amide bonds. The van der Waals surface area contributed by atoms with Gasteiger partial charge in [-0.25, -0.2) is 0 Å². The van der Waals surface area contributed by atoms with Crippen molar-refractivity contribution < 1.29 is 4.79 Å². The SMILES string of the molecule is Cc1[nH]n(C)c(=O)c1C(=O)c1ccccc1.[Cl][Sn]([Cl])([Cl])[Cl]. The average Bonchev–Trinajstić information content (AvgIpc) is 2.62. The molecule has 0 radical (unpaired) electrons. The summed E-state index contributed by atoms with van der Waals surface area (Å²) in [5, 5.41) is 2.81. The first-order valence-corrected chi connectivity index (χ1v) is 20.2. The van der Waals surface area contributed by atoms with Crippen LogP contribution in [-0.4, -0.2) is 29.4 Å². The summed E-state index contributed by atoms with van der Waals surface area (Å²) in [6, 6.07) is 8.79. The van der Waals surface area contributed by atoms with Gasteiger partial charge in [-0.2, -0.15) is 0 Å². The molecule has 1 aromatic carbocycles. The van der Waals surface area contributed by atoms with Gasteiger partial charge < -0.3 is 0 Å². The van der Waals surface area contributed by atoms with Gasteiger partial charge in [-0.05, 0) is 6.92 Å². The Labute approximate surface area is 140 Å². The Hall–Kier alpha value is -0.141. The molecular formula is C12H12Cl4N2O2Sn. The van der Waals surface area contributed by atoms with Crippen molar-refractivity contribution in [2.75, 3.05) is 0 Å². The van der Waals surface area contributed by atoms with Gasteiger partial charge in [-0.3, -0.25) is 19.4 Å². The number of benzene rings is 1. The van der Waals surface area contributed by atoms with E-state index >= 15 is 0 Å². The summed E-state index contributed by atoms with van der Waals surface area (Å²) in [4.78, 5) is 23.8. The maximum atomic E-state index is 12.1. The first-order chi connectivity index (χ1) is 9.61. The molecule has 0 unspecified atom stereocenters. The van der Waals surface area contributed by atoms with E-state index in [9.17, 15) is 9.59 Å². The van der Waals surface area contributed by atoms with Crippen molar-refractivity contribution >= 4 is 55.3 Å². The number of ketones is 1. The molecule has 1 heterocycles. The van der Waals surface area contributed by atoms with Gasteiger partial charge in [0.2, 0.25) is 0 Å². The van der Waals surface area contributed by atoms with Crippen molar-refractivity contribution in [3.63, 3.8) is 0 Å². The minimum atomic E-state index is -3.29. The molecule has 2 rings (SSSR count). The number of H-pyrrole nitrogens is 1.